The van der Waals surface area contributed by atoms with Crippen molar-refractivity contribution in [2.24, 2.45) is 4.99 Å². The van der Waals surface area contributed by atoms with Crippen molar-refractivity contribution in [1.29, 1.82) is 0 Å². The van der Waals surface area contributed by atoms with E-state index >= 15 is 0 Å². The number of aliphatic imine (C=N–C) groups is 1. The highest BCUT2D eigenvalue weighted by Crippen LogP contribution is 2.19. The fourth-order valence-electron chi connectivity index (χ4n) is 2.49. The van der Waals surface area contributed by atoms with E-state index in [0.717, 1.165) is 22.4 Å². The monoisotopic (exact) mass is 372 g/mol. The highest BCUT2D eigenvalue weighted by molar-refractivity contribution is 5.79. The zero-order valence-electron chi connectivity index (χ0n) is 16.4. The fourth-order valence-corrected chi connectivity index (χ4v) is 2.49. The predicted molar refractivity (Wildman–Crippen MR) is 106 cm³/mol. The van der Waals surface area contributed by atoms with E-state index in [2.05, 4.69) is 32.7 Å². The van der Waals surface area contributed by atoms with Gasteiger partial charge >= 0.3 is 0 Å². The number of guanidine groups is 1. The van der Waals surface area contributed by atoms with Gasteiger partial charge in [-0.3, -0.25) is 4.99 Å². The van der Waals surface area contributed by atoms with E-state index in [1.54, 1.807) is 27.5 Å². The molecule has 2 aromatic rings. The van der Waals surface area contributed by atoms with E-state index in [1.165, 1.54) is 0 Å². The van der Waals surface area contributed by atoms with Gasteiger partial charge in [0.2, 0.25) is 5.88 Å². The Hall–Kier alpha value is -2.80. The molecule has 0 atom stereocenters. The van der Waals surface area contributed by atoms with Crippen molar-refractivity contribution in [3.8, 4) is 11.6 Å². The number of hydrogen-bond donors (Lipinski definition) is 2. The zero-order valence-corrected chi connectivity index (χ0v) is 16.4. The van der Waals surface area contributed by atoms with Crippen LogP contribution >= 0.6 is 0 Å². The summed E-state index contributed by atoms with van der Waals surface area (Å²) >= 11 is 0. The zero-order chi connectivity index (χ0) is 19.5. The van der Waals surface area contributed by atoms with E-state index in [0.29, 0.717) is 38.1 Å². The number of aromatic nitrogens is 1. The quantitative estimate of drug-likeness (QED) is 0.400. The Kier molecular flexibility index (Phi) is 8.38. The SMILES string of the molecule is CN=C(NCc1ccc(C)cc1OC)NCc1cccnc1OCCOC. The van der Waals surface area contributed by atoms with Crippen molar-refractivity contribution < 1.29 is 14.2 Å². The van der Waals surface area contributed by atoms with Crippen molar-refractivity contribution in [2.45, 2.75) is 20.0 Å². The third kappa shape index (κ3) is 6.45. The Balaban J connectivity index is 1.93. The van der Waals surface area contributed by atoms with Crippen LogP contribution in [0.4, 0.5) is 0 Å². The van der Waals surface area contributed by atoms with Crippen LogP contribution in [-0.2, 0) is 17.8 Å². The largest absolute Gasteiger partial charge is 0.496 e. The number of ether oxygens (including phenoxy) is 3. The summed E-state index contributed by atoms with van der Waals surface area (Å²) in [6.07, 6.45) is 1.71. The van der Waals surface area contributed by atoms with Gasteiger partial charge in [0.05, 0.1) is 13.7 Å². The van der Waals surface area contributed by atoms with Crippen molar-refractivity contribution in [3.63, 3.8) is 0 Å². The van der Waals surface area contributed by atoms with Crippen LogP contribution in [0.3, 0.4) is 0 Å². The molecule has 0 amide bonds. The van der Waals surface area contributed by atoms with E-state index in [-0.39, 0.29) is 0 Å². The normalized spacial score (nSPS) is 11.2. The molecule has 0 aliphatic rings. The van der Waals surface area contributed by atoms with Crippen molar-refractivity contribution in [2.75, 3.05) is 34.5 Å². The Morgan fingerprint density at radius 3 is 2.56 bits per heavy atom. The number of rotatable bonds is 9. The van der Waals surface area contributed by atoms with E-state index in [1.807, 2.05) is 25.1 Å². The van der Waals surface area contributed by atoms with Gasteiger partial charge in [0.15, 0.2) is 5.96 Å². The summed E-state index contributed by atoms with van der Waals surface area (Å²) < 4.78 is 16.1. The van der Waals surface area contributed by atoms with Crippen LogP contribution < -0.4 is 20.1 Å². The maximum atomic E-state index is 5.66. The predicted octanol–water partition coefficient (Wildman–Crippen LogP) is 2.29. The van der Waals surface area contributed by atoms with Crippen LogP contribution in [-0.4, -0.2) is 45.4 Å². The molecule has 1 aromatic heterocycles. The molecule has 7 nitrogen and oxygen atoms in total. The second-order valence-corrected chi connectivity index (χ2v) is 5.90. The molecular formula is C20H28N4O3. The first-order chi connectivity index (χ1) is 13.2. The highest BCUT2D eigenvalue weighted by atomic mass is 16.5. The maximum Gasteiger partial charge on any atom is 0.218 e. The van der Waals surface area contributed by atoms with Crippen molar-refractivity contribution in [3.05, 3.63) is 53.2 Å². The third-order valence-corrected chi connectivity index (χ3v) is 3.93. The number of nitrogens with one attached hydrogen (secondary N) is 2. The molecular weight excluding hydrogens is 344 g/mol. The van der Waals surface area contributed by atoms with Crippen LogP contribution in [0.2, 0.25) is 0 Å². The second kappa shape index (κ2) is 11.0. The van der Waals surface area contributed by atoms with E-state index in [9.17, 15) is 0 Å². The smallest absolute Gasteiger partial charge is 0.218 e. The minimum atomic E-state index is 0.459. The molecule has 0 saturated heterocycles. The van der Waals surface area contributed by atoms with Crippen LogP contribution in [0.1, 0.15) is 16.7 Å². The molecule has 2 N–H and O–H groups in total. The molecule has 0 bridgehead atoms. The molecule has 0 spiro atoms. The minimum Gasteiger partial charge on any atom is -0.496 e. The minimum absolute atomic E-state index is 0.459. The summed E-state index contributed by atoms with van der Waals surface area (Å²) in [5, 5.41) is 6.58. The first-order valence-electron chi connectivity index (χ1n) is 8.81. The van der Waals surface area contributed by atoms with Gasteiger partial charge in [-0.25, -0.2) is 4.98 Å². The molecule has 0 unspecified atom stereocenters. The van der Waals surface area contributed by atoms with Crippen LogP contribution in [0.5, 0.6) is 11.6 Å². The number of methoxy groups -OCH3 is 2. The van der Waals surface area contributed by atoms with E-state index in [4.69, 9.17) is 14.2 Å². The van der Waals surface area contributed by atoms with Crippen LogP contribution in [0.15, 0.2) is 41.5 Å². The first kappa shape index (κ1) is 20.5. The second-order valence-electron chi connectivity index (χ2n) is 5.90. The Morgan fingerprint density at radius 2 is 1.85 bits per heavy atom. The van der Waals surface area contributed by atoms with Crippen molar-refractivity contribution in [1.82, 2.24) is 15.6 Å². The van der Waals surface area contributed by atoms with E-state index < -0.39 is 0 Å². The average Bonchev–Trinajstić information content (AvgIpc) is 2.70. The van der Waals surface area contributed by atoms with Gasteiger partial charge in [-0.15, -0.1) is 0 Å². The summed E-state index contributed by atoms with van der Waals surface area (Å²) in [7, 11) is 5.06. The van der Waals surface area contributed by atoms with Gasteiger partial charge < -0.3 is 24.8 Å². The summed E-state index contributed by atoms with van der Waals surface area (Å²) in [4.78, 5) is 8.55. The lowest BCUT2D eigenvalue weighted by Gasteiger charge is -2.15. The maximum absolute atomic E-state index is 5.66. The molecule has 0 saturated carbocycles. The average molecular weight is 372 g/mol. The number of aryl methyl sites for hydroxylation is 1. The van der Waals surface area contributed by atoms with Gasteiger partial charge in [-0.1, -0.05) is 18.2 Å². The van der Waals surface area contributed by atoms with Gasteiger partial charge in [0, 0.05) is 44.6 Å². The van der Waals surface area contributed by atoms with Gasteiger partial charge in [-0.05, 0) is 24.6 Å². The molecule has 1 heterocycles. The van der Waals surface area contributed by atoms with Crippen LogP contribution in [0, 0.1) is 6.92 Å². The van der Waals surface area contributed by atoms with Gasteiger partial charge in [0.25, 0.3) is 0 Å². The molecule has 146 valence electrons. The lowest BCUT2D eigenvalue weighted by molar-refractivity contribution is 0.143. The molecule has 0 fully saturated rings. The number of hydrogen-bond acceptors (Lipinski definition) is 5. The molecule has 0 aliphatic heterocycles. The summed E-state index contributed by atoms with van der Waals surface area (Å²) in [6, 6.07) is 9.99. The molecule has 0 radical (unpaired) electrons. The molecule has 7 heteroatoms. The molecule has 2 rings (SSSR count). The third-order valence-electron chi connectivity index (χ3n) is 3.93. The lowest BCUT2D eigenvalue weighted by atomic mass is 10.1. The number of pyridine rings is 1. The first-order valence-corrected chi connectivity index (χ1v) is 8.81. The molecule has 1 aromatic carbocycles. The van der Waals surface area contributed by atoms with Gasteiger partial charge in [-0.2, -0.15) is 0 Å². The topological polar surface area (TPSA) is 77.0 Å². The standard InChI is InChI=1S/C20H28N4O3/c1-15-7-8-16(18(12-15)26-4)13-23-20(21-2)24-14-17-6-5-9-22-19(17)27-11-10-25-3/h5-9,12H,10-11,13-14H2,1-4H3,(H2,21,23,24). The summed E-state index contributed by atoms with van der Waals surface area (Å²) in [6.45, 7) is 4.17. The summed E-state index contributed by atoms with van der Waals surface area (Å²) in [5.41, 5.74) is 3.18. The van der Waals surface area contributed by atoms with Gasteiger partial charge in [0.1, 0.15) is 12.4 Å². The Labute approximate surface area is 160 Å². The molecule has 0 aliphatic carbocycles. The Bertz CT molecular complexity index is 750. The Morgan fingerprint density at radius 1 is 1.07 bits per heavy atom. The number of nitrogens with zero attached hydrogens (tertiary/aromatic N) is 2. The summed E-state index contributed by atoms with van der Waals surface area (Å²) in [5.74, 6) is 2.14. The lowest BCUT2D eigenvalue weighted by Crippen LogP contribution is -2.36. The number of benzene rings is 1. The highest BCUT2D eigenvalue weighted by Gasteiger charge is 2.08. The molecule has 27 heavy (non-hydrogen) atoms. The van der Waals surface area contributed by atoms with Crippen LogP contribution in [0.25, 0.3) is 0 Å². The fraction of sp³-hybridized carbons (Fsp3) is 0.400. The van der Waals surface area contributed by atoms with Crippen molar-refractivity contribution >= 4 is 5.96 Å².